The van der Waals surface area contributed by atoms with Crippen LogP contribution in [0, 0.1) is 5.82 Å². The van der Waals surface area contributed by atoms with Crippen molar-refractivity contribution in [2.75, 3.05) is 25.0 Å². The van der Waals surface area contributed by atoms with Gasteiger partial charge >= 0.3 is 0 Å². The van der Waals surface area contributed by atoms with Gasteiger partial charge in [-0.25, -0.2) is 4.39 Å². The van der Waals surface area contributed by atoms with E-state index in [4.69, 9.17) is 16.3 Å². The molecule has 0 aliphatic heterocycles. The summed E-state index contributed by atoms with van der Waals surface area (Å²) in [5.41, 5.74) is 0.197. The zero-order valence-corrected chi connectivity index (χ0v) is 12.6. The van der Waals surface area contributed by atoms with Gasteiger partial charge < -0.3 is 15.4 Å². The predicted molar refractivity (Wildman–Crippen MR) is 84.8 cm³/mol. The lowest BCUT2D eigenvalue weighted by molar-refractivity contribution is -0.119. The smallest absolute Gasteiger partial charge is 0.239 e. The van der Waals surface area contributed by atoms with Crippen LogP contribution in [0.25, 0.3) is 0 Å². The van der Waals surface area contributed by atoms with E-state index in [1.165, 1.54) is 18.2 Å². The molecule has 0 saturated carbocycles. The molecular formula is C16H16ClFN2O2. The lowest BCUT2D eigenvalue weighted by atomic mass is 10.3. The monoisotopic (exact) mass is 322 g/mol. The number of amides is 1. The number of hydrogen-bond donors (Lipinski definition) is 2. The maximum absolute atomic E-state index is 13.4. The summed E-state index contributed by atoms with van der Waals surface area (Å²) >= 11 is 5.77. The number of halogens is 2. The molecule has 6 heteroatoms. The Morgan fingerprint density at radius 2 is 1.95 bits per heavy atom. The molecule has 4 nitrogen and oxygen atoms in total. The van der Waals surface area contributed by atoms with Crippen LogP contribution < -0.4 is 15.4 Å². The third kappa shape index (κ3) is 5.26. The van der Waals surface area contributed by atoms with Crippen molar-refractivity contribution in [2.45, 2.75) is 0 Å². The summed E-state index contributed by atoms with van der Waals surface area (Å²) in [6.45, 7) is 0.692. The van der Waals surface area contributed by atoms with E-state index in [-0.39, 0.29) is 18.1 Å². The minimum Gasteiger partial charge on any atom is -0.492 e. The normalized spacial score (nSPS) is 10.1. The zero-order valence-electron chi connectivity index (χ0n) is 11.8. The molecule has 0 bridgehead atoms. The van der Waals surface area contributed by atoms with Gasteiger partial charge in [0.05, 0.1) is 18.8 Å². The molecule has 2 N–H and O–H groups in total. The molecule has 0 heterocycles. The minimum atomic E-state index is -0.454. The van der Waals surface area contributed by atoms with Crippen molar-refractivity contribution in [3.05, 3.63) is 59.4 Å². The summed E-state index contributed by atoms with van der Waals surface area (Å²) < 4.78 is 18.9. The SMILES string of the molecule is O=C(CNc1cc(Cl)ccc1F)NCCOc1ccccc1. The van der Waals surface area contributed by atoms with Gasteiger partial charge in [0, 0.05) is 5.02 Å². The van der Waals surface area contributed by atoms with E-state index < -0.39 is 5.82 Å². The number of nitrogens with one attached hydrogen (secondary N) is 2. The van der Waals surface area contributed by atoms with Crippen LogP contribution >= 0.6 is 11.6 Å². The Labute approximate surface area is 133 Å². The largest absolute Gasteiger partial charge is 0.492 e. The summed E-state index contributed by atoms with van der Waals surface area (Å²) in [7, 11) is 0. The molecule has 22 heavy (non-hydrogen) atoms. The topological polar surface area (TPSA) is 50.4 Å². The lowest BCUT2D eigenvalue weighted by Gasteiger charge is -2.10. The molecule has 0 saturated heterocycles. The first-order valence-corrected chi connectivity index (χ1v) is 7.16. The van der Waals surface area contributed by atoms with Crippen LogP contribution in [0.1, 0.15) is 0 Å². The van der Waals surface area contributed by atoms with E-state index in [2.05, 4.69) is 10.6 Å². The minimum absolute atomic E-state index is 0.0391. The standard InChI is InChI=1S/C16H16ClFN2O2/c17-12-6-7-14(18)15(10-12)20-11-16(21)19-8-9-22-13-4-2-1-3-5-13/h1-7,10,20H,8-9,11H2,(H,19,21). The van der Waals surface area contributed by atoms with Crippen molar-refractivity contribution in [2.24, 2.45) is 0 Å². The average Bonchev–Trinajstić information content (AvgIpc) is 2.53. The Hall–Kier alpha value is -2.27. The van der Waals surface area contributed by atoms with E-state index in [0.29, 0.717) is 18.2 Å². The van der Waals surface area contributed by atoms with Crippen molar-refractivity contribution in [3.63, 3.8) is 0 Å². The molecule has 2 aromatic rings. The first-order valence-electron chi connectivity index (χ1n) is 6.78. The first kappa shape index (κ1) is 16.1. The van der Waals surface area contributed by atoms with Gasteiger partial charge in [-0.3, -0.25) is 4.79 Å². The van der Waals surface area contributed by atoms with Gasteiger partial charge in [-0.2, -0.15) is 0 Å². The molecule has 0 aliphatic rings. The van der Waals surface area contributed by atoms with Gasteiger partial charge in [-0.15, -0.1) is 0 Å². The highest BCUT2D eigenvalue weighted by Crippen LogP contribution is 2.19. The summed E-state index contributed by atoms with van der Waals surface area (Å²) in [5, 5.41) is 5.78. The molecule has 2 rings (SSSR count). The predicted octanol–water partition coefficient (Wildman–Crippen LogP) is 3.09. The molecule has 1 amide bonds. The molecule has 0 fully saturated rings. The fraction of sp³-hybridized carbons (Fsp3) is 0.188. The van der Waals surface area contributed by atoms with Crippen molar-refractivity contribution >= 4 is 23.2 Å². The van der Waals surface area contributed by atoms with E-state index >= 15 is 0 Å². The third-order valence-electron chi connectivity index (χ3n) is 2.80. The van der Waals surface area contributed by atoms with Gasteiger partial charge in [0.2, 0.25) is 5.91 Å². The molecule has 116 valence electrons. The van der Waals surface area contributed by atoms with E-state index in [0.717, 1.165) is 5.75 Å². The Morgan fingerprint density at radius 3 is 2.73 bits per heavy atom. The van der Waals surface area contributed by atoms with Crippen LogP contribution in [0.5, 0.6) is 5.75 Å². The molecule has 0 aromatic heterocycles. The highest BCUT2D eigenvalue weighted by atomic mass is 35.5. The number of rotatable bonds is 7. The third-order valence-corrected chi connectivity index (χ3v) is 3.04. The Morgan fingerprint density at radius 1 is 1.18 bits per heavy atom. The molecule has 2 aromatic carbocycles. The molecule has 0 unspecified atom stereocenters. The number of para-hydroxylation sites is 1. The maximum atomic E-state index is 13.4. The summed E-state index contributed by atoms with van der Waals surface area (Å²) in [4.78, 5) is 11.6. The molecule has 0 spiro atoms. The number of benzene rings is 2. The van der Waals surface area contributed by atoms with Crippen molar-refractivity contribution < 1.29 is 13.9 Å². The number of ether oxygens (including phenoxy) is 1. The van der Waals surface area contributed by atoms with Crippen LogP contribution in [-0.4, -0.2) is 25.6 Å². The van der Waals surface area contributed by atoms with Crippen LogP contribution in [0.15, 0.2) is 48.5 Å². The molecule has 0 radical (unpaired) electrons. The van der Waals surface area contributed by atoms with E-state index in [9.17, 15) is 9.18 Å². The molecular weight excluding hydrogens is 307 g/mol. The van der Waals surface area contributed by atoms with Crippen LogP contribution in [0.4, 0.5) is 10.1 Å². The van der Waals surface area contributed by atoms with Gasteiger partial charge in [0.25, 0.3) is 0 Å². The zero-order chi connectivity index (χ0) is 15.8. The van der Waals surface area contributed by atoms with Crippen LogP contribution in [-0.2, 0) is 4.79 Å². The second kappa shape index (κ2) is 8.24. The lowest BCUT2D eigenvalue weighted by Crippen LogP contribution is -2.33. The van der Waals surface area contributed by atoms with Crippen molar-refractivity contribution in [3.8, 4) is 5.75 Å². The van der Waals surface area contributed by atoms with Gasteiger partial charge in [0.15, 0.2) is 0 Å². The Balaban J connectivity index is 1.67. The number of carbonyl (C=O) groups is 1. The Kier molecular flexibility index (Phi) is 6.03. The summed E-state index contributed by atoms with van der Waals surface area (Å²) in [6, 6.07) is 13.4. The maximum Gasteiger partial charge on any atom is 0.239 e. The highest BCUT2D eigenvalue weighted by molar-refractivity contribution is 6.30. The average molecular weight is 323 g/mol. The fourth-order valence-corrected chi connectivity index (χ4v) is 1.92. The first-order chi connectivity index (χ1) is 10.6. The van der Waals surface area contributed by atoms with Gasteiger partial charge in [-0.1, -0.05) is 29.8 Å². The number of anilines is 1. The van der Waals surface area contributed by atoms with Crippen LogP contribution in [0.3, 0.4) is 0 Å². The number of hydrogen-bond acceptors (Lipinski definition) is 3. The molecule has 0 atom stereocenters. The van der Waals surface area contributed by atoms with Crippen molar-refractivity contribution in [1.82, 2.24) is 5.32 Å². The van der Waals surface area contributed by atoms with E-state index in [1.807, 2.05) is 30.3 Å². The highest BCUT2D eigenvalue weighted by Gasteiger charge is 2.05. The quantitative estimate of drug-likeness (QED) is 0.770. The molecule has 0 aliphatic carbocycles. The summed E-state index contributed by atoms with van der Waals surface area (Å²) in [6.07, 6.45) is 0. The number of carbonyl (C=O) groups excluding carboxylic acids is 1. The summed E-state index contributed by atoms with van der Waals surface area (Å²) in [5.74, 6) is 0.0384. The van der Waals surface area contributed by atoms with Gasteiger partial charge in [0.1, 0.15) is 18.2 Å². The Bertz CT molecular complexity index is 623. The second-order valence-electron chi connectivity index (χ2n) is 4.49. The van der Waals surface area contributed by atoms with Gasteiger partial charge in [-0.05, 0) is 30.3 Å². The van der Waals surface area contributed by atoms with Crippen LogP contribution in [0.2, 0.25) is 5.02 Å². The fourth-order valence-electron chi connectivity index (χ4n) is 1.75. The second-order valence-corrected chi connectivity index (χ2v) is 4.93. The van der Waals surface area contributed by atoms with E-state index in [1.54, 1.807) is 0 Å². The van der Waals surface area contributed by atoms with Crippen molar-refractivity contribution in [1.29, 1.82) is 0 Å².